The van der Waals surface area contributed by atoms with Gasteiger partial charge in [0.15, 0.2) is 0 Å². The number of benzene rings is 2. The van der Waals surface area contributed by atoms with Crippen LogP contribution in [0.25, 0.3) is 22.0 Å². The van der Waals surface area contributed by atoms with Gasteiger partial charge in [-0.3, -0.25) is 4.98 Å². The van der Waals surface area contributed by atoms with Crippen molar-refractivity contribution in [2.24, 2.45) is 0 Å². The summed E-state index contributed by atoms with van der Waals surface area (Å²) in [7, 11) is 0. The lowest BCUT2D eigenvalue weighted by atomic mass is 10.0. The van der Waals surface area contributed by atoms with Crippen molar-refractivity contribution < 1.29 is 0 Å². The maximum absolute atomic E-state index is 5.65. The fourth-order valence-electron chi connectivity index (χ4n) is 2.19. The Kier molecular flexibility index (Phi) is 2.81. The number of rotatable bonds is 2. The third kappa shape index (κ3) is 1.88. The van der Waals surface area contributed by atoms with Crippen LogP contribution in [0.4, 0.5) is 0 Å². The van der Waals surface area contributed by atoms with Crippen LogP contribution in [0.3, 0.4) is 0 Å². The lowest BCUT2D eigenvalue weighted by molar-refractivity contribution is 1.11. The number of fused-ring (bicyclic) bond motifs is 1. The van der Waals surface area contributed by atoms with Gasteiger partial charge in [0.05, 0.1) is 5.69 Å². The first-order valence-electron chi connectivity index (χ1n) is 6.02. The van der Waals surface area contributed by atoms with E-state index in [9.17, 15) is 0 Å². The summed E-state index contributed by atoms with van der Waals surface area (Å²) in [6.07, 6.45) is 0.471. The number of hydrogen-bond acceptors (Lipinski definition) is 1. The molecule has 2 radical (unpaired) electrons. The van der Waals surface area contributed by atoms with Gasteiger partial charge in [0.1, 0.15) is 0 Å². The average molecular weight is 231 g/mol. The van der Waals surface area contributed by atoms with Gasteiger partial charge in [-0.25, -0.2) is 0 Å². The second kappa shape index (κ2) is 4.61. The molecule has 0 unspecified atom stereocenters. The molecular weight excluding hydrogens is 218 g/mol. The van der Waals surface area contributed by atoms with E-state index in [1.807, 2.05) is 18.2 Å². The minimum absolute atomic E-state index is 0.471. The van der Waals surface area contributed by atoms with E-state index in [2.05, 4.69) is 47.4 Å². The quantitative estimate of drug-likeness (QED) is 0.645. The molecule has 0 bridgehead atoms. The predicted octanol–water partition coefficient (Wildman–Crippen LogP) is 4.16. The van der Waals surface area contributed by atoms with Crippen molar-refractivity contribution in [2.75, 3.05) is 0 Å². The fourth-order valence-corrected chi connectivity index (χ4v) is 2.19. The lowest BCUT2D eigenvalue weighted by Crippen LogP contribution is -1.90. The molecule has 0 N–H and O–H groups in total. The van der Waals surface area contributed by atoms with Gasteiger partial charge in [-0.15, -0.1) is 0 Å². The summed E-state index contributed by atoms with van der Waals surface area (Å²) < 4.78 is 0. The van der Waals surface area contributed by atoms with Crippen molar-refractivity contribution in [3.8, 4) is 11.3 Å². The monoisotopic (exact) mass is 231 g/mol. The Bertz CT molecular complexity index is 681. The fraction of sp³-hybridized carbons (Fsp3) is 0.0588. The highest BCUT2D eigenvalue weighted by molar-refractivity contribution is 5.95. The molecule has 0 spiro atoms. The number of nitrogens with zero attached hydrogens (tertiary/aromatic N) is 1. The maximum atomic E-state index is 5.65. The highest BCUT2D eigenvalue weighted by Gasteiger charge is 2.04. The standard InChI is InChI=1S/C17H13N/c1-2-14-9-6-12-17(18-14)16-11-5-8-13-7-3-4-10-15(13)16/h1,3-12H,2H2. The molecule has 0 amide bonds. The molecule has 1 heterocycles. The van der Waals surface area contributed by atoms with Gasteiger partial charge in [0.25, 0.3) is 0 Å². The molecule has 3 rings (SSSR count). The molecule has 2 aromatic carbocycles. The van der Waals surface area contributed by atoms with Crippen LogP contribution in [-0.2, 0) is 6.42 Å². The van der Waals surface area contributed by atoms with Gasteiger partial charge in [-0.2, -0.15) is 0 Å². The average Bonchev–Trinajstić information content (AvgIpc) is 2.47. The molecule has 1 nitrogen and oxygen atoms in total. The summed E-state index contributed by atoms with van der Waals surface area (Å²) in [5.41, 5.74) is 3.05. The van der Waals surface area contributed by atoms with Gasteiger partial charge >= 0.3 is 0 Å². The summed E-state index contributed by atoms with van der Waals surface area (Å²) in [4.78, 5) is 4.59. The minimum atomic E-state index is 0.471. The Morgan fingerprint density at radius 3 is 2.50 bits per heavy atom. The molecule has 1 heteroatoms. The van der Waals surface area contributed by atoms with E-state index in [4.69, 9.17) is 6.92 Å². The van der Waals surface area contributed by atoms with Crippen LogP contribution < -0.4 is 0 Å². The van der Waals surface area contributed by atoms with Crippen molar-refractivity contribution in [3.63, 3.8) is 0 Å². The van der Waals surface area contributed by atoms with Crippen LogP contribution in [0.5, 0.6) is 0 Å². The van der Waals surface area contributed by atoms with Gasteiger partial charge in [-0.05, 0) is 36.2 Å². The highest BCUT2D eigenvalue weighted by atomic mass is 14.7. The summed E-state index contributed by atoms with van der Waals surface area (Å²) in [6, 6.07) is 20.6. The smallest absolute Gasteiger partial charge is 0.0711 e. The first-order chi connectivity index (χ1) is 8.88. The van der Waals surface area contributed by atoms with Crippen LogP contribution in [0, 0.1) is 6.92 Å². The van der Waals surface area contributed by atoms with E-state index in [1.54, 1.807) is 0 Å². The van der Waals surface area contributed by atoms with Gasteiger partial charge < -0.3 is 0 Å². The minimum Gasteiger partial charge on any atom is -0.253 e. The van der Waals surface area contributed by atoms with Crippen LogP contribution >= 0.6 is 0 Å². The van der Waals surface area contributed by atoms with Gasteiger partial charge in [0, 0.05) is 11.3 Å². The van der Waals surface area contributed by atoms with Gasteiger partial charge in [0.2, 0.25) is 0 Å². The van der Waals surface area contributed by atoms with Gasteiger partial charge in [-0.1, -0.05) is 48.5 Å². The Labute approximate surface area is 107 Å². The van der Waals surface area contributed by atoms with Crippen molar-refractivity contribution in [2.45, 2.75) is 6.42 Å². The van der Waals surface area contributed by atoms with Crippen molar-refractivity contribution in [1.29, 1.82) is 0 Å². The summed E-state index contributed by atoms with van der Waals surface area (Å²) in [5.74, 6) is 0. The molecular formula is C17H13N. The Hall–Kier alpha value is -2.15. The predicted molar refractivity (Wildman–Crippen MR) is 75.2 cm³/mol. The second-order valence-electron chi connectivity index (χ2n) is 4.24. The number of pyridine rings is 1. The van der Waals surface area contributed by atoms with E-state index in [0.717, 1.165) is 17.0 Å². The number of hydrogen-bond donors (Lipinski definition) is 0. The van der Waals surface area contributed by atoms with Crippen LogP contribution in [-0.4, -0.2) is 4.98 Å². The molecule has 86 valence electrons. The van der Waals surface area contributed by atoms with E-state index in [-0.39, 0.29) is 0 Å². The van der Waals surface area contributed by atoms with E-state index >= 15 is 0 Å². The largest absolute Gasteiger partial charge is 0.253 e. The summed E-state index contributed by atoms with van der Waals surface area (Å²) >= 11 is 0. The molecule has 0 fully saturated rings. The second-order valence-corrected chi connectivity index (χ2v) is 4.24. The normalized spacial score (nSPS) is 10.7. The third-order valence-corrected chi connectivity index (χ3v) is 3.08. The summed E-state index contributed by atoms with van der Waals surface area (Å²) in [5, 5.41) is 2.46. The lowest BCUT2D eigenvalue weighted by Gasteiger charge is -2.07. The zero-order valence-corrected chi connectivity index (χ0v) is 10.0. The first-order valence-corrected chi connectivity index (χ1v) is 6.02. The molecule has 0 aliphatic heterocycles. The molecule has 0 saturated heterocycles. The van der Waals surface area contributed by atoms with Crippen molar-refractivity contribution >= 4 is 10.8 Å². The summed E-state index contributed by atoms with van der Waals surface area (Å²) in [6.45, 7) is 5.65. The Morgan fingerprint density at radius 2 is 1.61 bits per heavy atom. The Morgan fingerprint density at radius 1 is 0.833 bits per heavy atom. The zero-order chi connectivity index (χ0) is 12.4. The molecule has 0 aliphatic rings. The van der Waals surface area contributed by atoms with E-state index in [1.165, 1.54) is 10.8 Å². The first kappa shape index (κ1) is 11.0. The molecule has 0 aliphatic carbocycles. The van der Waals surface area contributed by atoms with Crippen LogP contribution in [0.15, 0.2) is 60.7 Å². The topological polar surface area (TPSA) is 12.9 Å². The Balaban J connectivity index is 2.24. The molecule has 18 heavy (non-hydrogen) atoms. The van der Waals surface area contributed by atoms with E-state index in [0.29, 0.717) is 6.42 Å². The highest BCUT2D eigenvalue weighted by Crippen LogP contribution is 2.27. The van der Waals surface area contributed by atoms with E-state index < -0.39 is 0 Å². The molecule has 0 atom stereocenters. The molecule has 0 saturated carbocycles. The van der Waals surface area contributed by atoms with Crippen LogP contribution in [0.1, 0.15) is 5.69 Å². The molecule has 1 aromatic heterocycles. The number of aromatic nitrogens is 1. The van der Waals surface area contributed by atoms with Crippen LogP contribution in [0.2, 0.25) is 0 Å². The zero-order valence-electron chi connectivity index (χ0n) is 10.0. The van der Waals surface area contributed by atoms with Crippen molar-refractivity contribution in [1.82, 2.24) is 4.98 Å². The molecule has 3 aromatic rings. The third-order valence-electron chi connectivity index (χ3n) is 3.08. The SMILES string of the molecule is [CH]Cc1cccc(-c2cccc3ccccc23)n1. The maximum Gasteiger partial charge on any atom is 0.0711 e. The van der Waals surface area contributed by atoms with Crippen molar-refractivity contribution in [3.05, 3.63) is 73.3 Å².